The summed E-state index contributed by atoms with van der Waals surface area (Å²) in [5.41, 5.74) is 5.53. The van der Waals surface area contributed by atoms with E-state index in [4.69, 9.17) is 0 Å². The number of ketones is 1. The number of Topliss-reactive ketones (excluding diaryl/α,β-unsaturated/α-hetero) is 1. The Labute approximate surface area is 134 Å². The number of fused-ring (bicyclic) bond motifs is 3. The lowest BCUT2D eigenvalue weighted by atomic mass is 10.0. The molecule has 0 amide bonds. The zero-order valence-corrected chi connectivity index (χ0v) is 13.1. The fraction of sp³-hybridized carbons (Fsp3) is 0.211. The zero-order valence-electron chi connectivity index (χ0n) is 13.1. The van der Waals surface area contributed by atoms with Gasteiger partial charge in [-0.2, -0.15) is 0 Å². The summed E-state index contributed by atoms with van der Waals surface area (Å²) in [6, 6.07) is 13.9. The molecular formula is C19H17NO3. The quantitative estimate of drug-likeness (QED) is 0.319. The first-order valence-corrected chi connectivity index (χ1v) is 7.60. The summed E-state index contributed by atoms with van der Waals surface area (Å²) in [6.07, 6.45) is 1.05. The predicted octanol–water partition coefficient (Wildman–Crippen LogP) is 3.77. The van der Waals surface area contributed by atoms with Gasteiger partial charge in [0.05, 0.1) is 0 Å². The summed E-state index contributed by atoms with van der Waals surface area (Å²) >= 11 is 0. The third-order valence-electron chi connectivity index (χ3n) is 3.96. The molecule has 116 valence electrons. The van der Waals surface area contributed by atoms with Crippen molar-refractivity contribution in [3.05, 3.63) is 59.2 Å². The Hall–Kier alpha value is -2.75. The highest BCUT2D eigenvalue weighted by atomic mass is 16.7. The lowest BCUT2D eigenvalue weighted by molar-refractivity contribution is -0.143. The molecule has 0 unspecified atom stereocenters. The van der Waals surface area contributed by atoms with Crippen LogP contribution in [0.1, 0.15) is 41.8 Å². The van der Waals surface area contributed by atoms with Crippen LogP contribution in [0, 0.1) is 0 Å². The molecule has 1 aliphatic rings. The Morgan fingerprint density at radius 3 is 2.61 bits per heavy atom. The molecule has 0 bridgehead atoms. The van der Waals surface area contributed by atoms with Crippen LogP contribution in [0.3, 0.4) is 0 Å². The Morgan fingerprint density at radius 1 is 1.09 bits per heavy atom. The number of benzene rings is 2. The van der Waals surface area contributed by atoms with Crippen molar-refractivity contribution in [3.63, 3.8) is 0 Å². The Morgan fingerprint density at radius 2 is 1.83 bits per heavy atom. The minimum absolute atomic E-state index is 0.169. The molecule has 0 heterocycles. The van der Waals surface area contributed by atoms with Gasteiger partial charge in [-0.15, -0.1) is 0 Å². The Balaban J connectivity index is 1.85. The summed E-state index contributed by atoms with van der Waals surface area (Å²) in [5.74, 6) is -0.686. The largest absolute Gasteiger partial charge is 0.334 e. The summed E-state index contributed by atoms with van der Waals surface area (Å²) in [4.78, 5) is 28.2. The van der Waals surface area contributed by atoms with Gasteiger partial charge >= 0.3 is 5.97 Å². The number of oxime groups is 1. The van der Waals surface area contributed by atoms with Crippen molar-refractivity contribution in [2.45, 2.75) is 26.7 Å². The fourth-order valence-electron chi connectivity index (χ4n) is 2.72. The maximum atomic E-state index is 12.4. The Kier molecular flexibility index (Phi) is 4.06. The molecule has 0 N–H and O–H groups in total. The third kappa shape index (κ3) is 2.93. The van der Waals surface area contributed by atoms with Crippen LogP contribution in [0.5, 0.6) is 0 Å². The summed E-state index contributed by atoms with van der Waals surface area (Å²) < 4.78 is 0. The molecule has 0 saturated heterocycles. The predicted molar refractivity (Wildman–Crippen MR) is 88.5 cm³/mol. The second-order valence-corrected chi connectivity index (χ2v) is 5.53. The molecule has 0 atom stereocenters. The second-order valence-electron chi connectivity index (χ2n) is 5.53. The number of carbonyl (C=O) groups is 2. The van der Waals surface area contributed by atoms with Gasteiger partial charge in [-0.25, -0.2) is 4.79 Å². The van der Waals surface area contributed by atoms with E-state index in [1.165, 1.54) is 16.7 Å². The van der Waals surface area contributed by atoms with E-state index in [-0.39, 0.29) is 17.9 Å². The van der Waals surface area contributed by atoms with Crippen molar-refractivity contribution in [2.24, 2.45) is 5.16 Å². The molecule has 0 radical (unpaired) electrons. The number of hydrogen-bond donors (Lipinski definition) is 0. The molecule has 0 saturated carbocycles. The normalized spacial score (nSPS) is 12.5. The minimum atomic E-state index is -0.457. The van der Waals surface area contributed by atoms with Gasteiger partial charge in [0.2, 0.25) is 5.78 Å². The van der Waals surface area contributed by atoms with E-state index >= 15 is 0 Å². The van der Waals surface area contributed by atoms with Crippen LogP contribution in [0.25, 0.3) is 11.1 Å². The lowest BCUT2D eigenvalue weighted by Gasteiger charge is -2.04. The molecule has 0 aromatic heterocycles. The van der Waals surface area contributed by atoms with E-state index in [0.717, 1.165) is 12.0 Å². The molecule has 0 spiro atoms. The maximum Gasteiger partial charge on any atom is 0.334 e. The van der Waals surface area contributed by atoms with E-state index in [2.05, 4.69) is 22.1 Å². The molecule has 23 heavy (non-hydrogen) atoms. The number of rotatable bonds is 4. The smallest absolute Gasteiger partial charge is 0.318 e. The fourth-order valence-corrected chi connectivity index (χ4v) is 2.72. The molecule has 0 aliphatic heterocycles. The van der Waals surface area contributed by atoms with Crippen LogP contribution >= 0.6 is 0 Å². The van der Waals surface area contributed by atoms with Gasteiger partial charge < -0.3 is 4.84 Å². The van der Waals surface area contributed by atoms with Crippen LogP contribution in [0.4, 0.5) is 0 Å². The average Bonchev–Trinajstić information content (AvgIpc) is 2.96. The lowest BCUT2D eigenvalue weighted by Crippen LogP contribution is -2.12. The molecule has 3 rings (SSSR count). The van der Waals surface area contributed by atoms with Gasteiger partial charge in [0.1, 0.15) is 5.71 Å². The highest BCUT2D eigenvalue weighted by Crippen LogP contribution is 2.36. The van der Waals surface area contributed by atoms with Crippen LogP contribution in [0.15, 0.2) is 47.6 Å². The average molecular weight is 307 g/mol. The number of nitrogens with zero attached hydrogens (tertiary/aromatic N) is 1. The zero-order chi connectivity index (χ0) is 16.4. The van der Waals surface area contributed by atoms with E-state index in [9.17, 15) is 9.59 Å². The molecule has 4 nitrogen and oxygen atoms in total. The molecule has 1 aliphatic carbocycles. The van der Waals surface area contributed by atoms with E-state index in [1.807, 2.05) is 24.3 Å². The highest BCUT2D eigenvalue weighted by Gasteiger charge is 2.20. The summed E-state index contributed by atoms with van der Waals surface area (Å²) in [5, 5.41) is 3.62. The standard InChI is InChI=1S/C19H17NO3/c1-3-18(21)23-20-12(2)19(22)14-8-9-17-15(11-14)10-13-6-4-5-7-16(13)17/h4-9,11H,3,10H2,1-2H3/b20-12-. The van der Waals surface area contributed by atoms with Crippen molar-refractivity contribution in [3.8, 4) is 11.1 Å². The minimum Gasteiger partial charge on any atom is -0.318 e. The maximum absolute atomic E-state index is 12.4. The van der Waals surface area contributed by atoms with Crippen LogP contribution in [-0.4, -0.2) is 17.5 Å². The summed E-state index contributed by atoms with van der Waals surface area (Å²) in [7, 11) is 0. The first kappa shape index (κ1) is 15.2. The monoisotopic (exact) mass is 307 g/mol. The topological polar surface area (TPSA) is 55.7 Å². The third-order valence-corrected chi connectivity index (χ3v) is 3.96. The highest BCUT2D eigenvalue weighted by molar-refractivity contribution is 6.45. The van der Waals surface area contributed by atoms with Gasteiger partial charge in [-0.1, -0.05) is 48.5 Å². The van der Waals surface area contributed by atoms with E-state index in [1.54, 1.807) is 19.9 Å². The van der Waals surface area contributed by atoms with Crippen molar-refractivity contribution >= 4 is 17.5 Å². The van der Waals surface area contributed by atoms with E-state index < -0.39 is 5.97 Å². The number of hydrogen-bond acceptors (Lipinski definition) is 4. The molecule has 4 heteroatoms. The van der Waals surface area contributed by atoms with Gasteiger partial charge in [0, 0.05) is 12.0 Å². The van der Waals surface area contributed by atoms with Crippen molar-refractivity contribution in [2.75, 3.05) is 0 Å². The molecule has 2 aromatic carbocycles. The van der Waals surface area contributed by atoms with Crippen LogP contribution in [0.2, 0.25) is 0 Å². The van der Waals surface area contributed by atoms with Crippen molar-refractivity contribution < 1.29 is 14.4 Å². The molecule has 2 aromatic rings. The SMILES string of the molecule is CCC(=O)O/N=C(/C)C(=O)c1ccc2c(c1)Cc1ccccc1-2. The first-order chi connectivity index (χ1) is 11.1. The Bertz CT molecular complexity index is 821. The van der Waals surface area contributed by atoms with Gasteiger partial charge in [0.25, 0.3) is 0 Å². The van der Waals surface area contributed by atoms with Gasteiger partial charge in [-0.3, -0.25) is 4.79 Å². The molecule has 0 fully saturated rings. The van der Waals surface area contributed by atoms with Crippen LogP contribution < -0.4 is 0 Å². The van der Waals surface area contributed by atoms with Gasteiger partial charge in [0.15, 0.2) is 0 Å². The van der Waals surface area contributed by atoms with E-state index in [0.29, 0.717) is 5.56 Å². The van der Waals surface area contributed by atoms with Crippen molar-refractivity contribution in [1.29, 1.82) is 0 Å². The number of carbonyl (C=O) groups excluding carboxylic acids is 2. The molecular weight excluding hydrogens is 290 g/mol. The van der Waals surface area contributed by atoms with Crippen LogP contribution in [-0.2, 0) is 16.1 Å². The second kappa shape index (κ2) is 6.16. The first-order valence-electron chi connectivity index (χ1n) is 7.60. The van der Waals surface area contributed by atoms with Gasteiger partial charge in [-0.05, 0) is 41.7 Å². The van der Waals surface area contributed by atoms with Crippen molar-refractivity contribution in [1.82, 2.24) is 0 Å². The summed E-state index contributed by atoms with van der Waals surface area (Å²) in [6.45, 7) is 3.22.